The first-order chi connectivity index (χ1) is 12.4. The molecule has 4 rings (SSSR count). The van der Waals surface area contributed by atoms with Gasteiger partial charge in [0, 0.05) is 20.5 Å². The Hall–Kier alpha value is -2.82. The standard InChI is InChI=1S/C20H14Cl2N2O2/c1-9-7-11(21)3-5-13(9)17-15-16(20(26)23-17)18(24-19(15)25)14-6-4-12(22)8-10(14)2/h3-8,23-26H,1-2H2/b17-13-,18-14-. The van der Waals surface area contributed by atoms with E-state index in [1.807, 2.05) is 0 Å². The highest BCUT2D eigenvalue weighted by atomic mass is 35.5. The molecule has 4 N–H and O–H groups in total. The average Bonchev–Trinajstić information content (AvgIpc) is 3.07. The lowest BCUT2D eigenvalue weighted by atomic mass is 10.2. The summed E-state index contributed by atoms with van der Waals surface area (Å²) < 4.78 is 0. The minimum Gasteiger partial charge on any atom is -0.494 e. The van der Waals surface area contributed by atoms with Crippen LogP contribution in [0, 0.1) is 21.1 Å². The van der Waals surface area contributed by atoms with Crippen LogP contribution in [0.15, 0.2) is 36.4 Å². The van der Waals surface area contributed by atoms with E-state index in [0.29, 0.717) is 42.0 Å². The lowest BCUT2D eigenvalue weighted by Crippen LogP contribution is -2.00. The first kappa shape index (κ1) is 16.6. The maximum atomic E-state index is 10.5. The highest BCUT2D eigenvalue weighted by Gasteiger charge is 2.15. The molecule has 4 nitrogen and oxygen atoms in total. The number of fused-ring (bicyclic) bond motifs is 1. The molecule has 130 valence electrons. The molecule has 0 fully saturated rings. The van der Waals surface area contributed by atoms with E-state index < -0.39 is 0 Å². The second kappa shape index (κ2) is 5.87. The summed E-state index contributed by atoms with van der Waals surface area (Å²) in [5.41, 5.74) is 0. The van der Waals surface area contributed by atoms with Gasteiger partial charge in [-0.3, -0.25) is 0 Å². The van der Waals surface area contributed by atoms with E-state index in [1.165, 1.54) is 0 Å². The van der Waals surface area contributed by atoms with E-state index in [4.69, 9.17) is 23.2 Å². The molecule has 0 aliphatic rings. The molecule has 0 amide bonds. The summed E-state index contributed by atoms with van der Waals surface area (Å²) in [7, 11) is 0. The first-order valence-corrected chi connectivity index (χ1v) is 8.51. The second-order valence-electron chi connectivity index (χ2n) is 6.05. The Kier molecular flexibility index (Phi) is 3.75. The van der Waals surface area contributed by atoms with Gasteiger partial charge in [-0.15, -0.1) is 0 Å². The fraction of sp³-hybridized carbons (Fsp3) is 0. The quantitative estimate of drug-likeness (QED) is 0.374. The third-order valence-corrected chi connectivity index (χ3v) is 4.85. The van der Waals surface area contributed by atoms with Gasteiger partial charge in [0.05, 0.1) is 21.5 Å². The molecular formula is C20H14Cl2N2O2. The minimum absolute atomic E-state index is 0.0646. The second-order valence-corrected chi connectivity index (χ2v) is 6.92. The van der Waals surface area contributed by atoms with Crippen molar-refractivity contribution in [2.24, 2.45) is 0 Å². The normalized spacial score (nSPS) is 14.1. The number of nitrogens with one attached hydrogen (secondary N) is 2. The average molecular weight is 385 g/mol. The van der Waals surface area contributed by atoms with Crippen LogP contribution < -0.4 is 10.4 Å². The van der Waals surface area contributed by atoms with Crippen molar-refractivity contribution in [1.82, 2.24) is 9.97 Å². The molecule has 0 aliphatic heterocycles. The Bertz CT molecular complexity index is 1360. The van der Waals surface area contributed by atoms with E-state index in [0.717, 1.165) is 10.4 Å². The molecule has 0 saturated heterocycles. The zero-order valence-corrected chi connectivity index (χ0v) is 15.0. The molecule has 26 heavy (non-hydrogen) atoms. The topological polar surface area (TPSA) is 72.0 Å². The lowest BCUT2D eigenvalue weighted by Gasteiger charge is -1.92. The van der Waals surface area contributed by atoms with Crippen molar-refractivity contribution >= 4 is 47.1 Å². The fourth-order valence-electron chi connectivity index (χ4n) is 3.23. The number of hydrogen-bond donors (Lipinski definition) is 4. The number of benzene rings is 2. The molecule has 4 aromatic rings. The molecule has 0 aliphatic carbocycles. The maximum absolute atomic E-state index is 10.5. The van der Waals surface area contributed by atoms with Crippen LogP contribution >= 0.6 is 23.2 Å². The number of H-pyrrole nitrogens is 2. The van der Waals surface area contributed by atoms with Crippen LogP contribution in [0.1, 0.15) is 0 Å². The first-order valence-electron chi connectivity index (χ1n) is 7.76. The molecule has 0 saturated carbocycles. The zero-order chi connectivity index (χ0) is 18.6. The molecule has 0 bridgehead atoms. The molecule has 2 aromatic heterocycles. The summed E-state index contributed by atoms with van der Waals surface area (Å²) in [6, 6.07) is 10.5. The molecule has 6 heteroatoms. The van der Waals surface area contributed by atoms with Gasteiger partial charge in [0.15, 0.2) is 11.8 Å². The predicted octanol–water partition coefficient (Wildman–Crippen LogP) is 3.61. The number of hydrogen-bond acceptors (Lipinski definition) is 2. The number of aromatic hydroxyl groups is 2. The number of aromatic amines is 2. The van der Waals surface area contributed by atoms with Gasteiger partial charge in [-0.05, 0) is 34.7 Å². The third-order valence-electron chi connectivity index (χ3n) is 4.38. The van der Waals surface area contributed by atoms with Crippen LogP contribution in [-0.2, 0) is 0 Å². The molecule has 2 aromatic carbocycles. The van der Waals surface area contributed by atoms with Crippen LogP contribution in [0.5, 0.6) is 11.8 Å². The van der Waals surface area contributed by atoms with Gasteiger partial charge in [-0.2, -0.15) is 0 Å². The smallest absolute Gasteiger partial charge is 0.199 e. The van der Waals surface area contributed by atoms with Crippen molar-refractivity contribution in [1.29, 1.82) is 0 Å². The van der Waals surface area contributed by atoms with E-state index >= 15 is 0 Å². The molecule has 0 unspecified atom stereocenters. The van der Waals surface area contributed by atoms with Gasteiger partial charge >= 0.3 is 0 Å². The van der Waals surface area contributed by atoms with Crippen molar-refractivity contribution in [3.63, 3.8) is 0 Å². The third kappa shape index (κ3) is 2.46. The molecule has 0 atom stereocenters. The maximum Gasteiger partial charge on any atom is 0.199 e. The number of aromatic nitrogens is 2. The zero-order valence-electron chi connectivity index (χ0n) is 13.5. The van der Waals surface area contributed by atoms with Gasteiger partial charge in [0.1, 0.15) is 0 Å². The van der Waals surface area contributed by atoms with Gasteiger partial charge in [-0.25, -0.2) is 0 Å². The van der Waals surface area contributed by atoms with Gasteiger partial charge in [0.25, 0.3) is 0 Å². The molecule has 2 heterocycles. The number of halogens is 2. The van der Waals surface area contributed by atoms with Crippen LogP contribution in [0.25, 0.3) is 23.9 Å². The fourth-order valence-corrected chi connectivity index (χ4v) is 3.62. The van der Waals surface area contributed by atoms with Crippen molar-refractivity contribution < 1.29 is 10.2 Å². The van der Waals surface area contributed by atoms with Crippen molar-refractivity contribution in [3.05, 3.63) is 78.0 Å². The Morgan fingerprint density at radius 1 is 0.692 bits per heavy atom. The minimum atomic E-state index is -0.0646. The van der Waals surface area contributed by atoms with Gasteiger partial charge < -0.3 is 20.2 Å². The summed E-state index contributed by atoms with van der Waals surface area (Å²) in [6.07, 6.45) is 0. The molecule has 0 radical (unpaired) electrons. The van der Waals surface area contributed by atoms with Crippen LogP contribution in [-0.4, -0.2) is 20.2 Å². The number of rotatable bonds is 0. The van der Waals surface area contributed by atoms with Crippen LogP contribution in [0.3, 0.4) is 0 Å². The summed E-state index contributed by atoms with van der Waals surface area (Å²) in [5.74, 6) is -0.129. The highest BCUT2D eigenvalue weighted by molar-refractivity contribution is 6.30. The van der Waals surface area contributed by atoms with Gasteiger partial charge in [-0.1, -0.05) is 48.5 Å². The SMILES string of the molecule is C=c1cc(Cl)cc/c1=c1/[nH]c(O)c2/c(=c3\ccc(Cl)cc3=C)[nH]c(O)c12. The van der Waals surface area contributed by atoms with Crippen LogP contribution in [0.4, 0.5) is 0 Å². The van der Waals surface area contributed by atoms with E-state index in [-0.39, 0.29) is 11.8 Å². The van der Waals surface area contributed by atoms with Gasteiger partial charge in [0.2, 0.25) is 0 Å². The monoisotopic (exact) mass is 384 g/mol. The van der Waals surface area contributed by atoms with Crippen LogP contribution in [0.2, 0.25) is 10.0 Å². The predicted molar refractivity (Wildman–Crippen MR) is 105 cm³/mol. The molecule has 0 spiro atoms. The Balaban J connectivity index is 2.35. The van der Waals surface area contributed by atoms with Crippen molar-refractivity contribution in [3.8, 4) is 11.8 Å². The van der Waals surface area contributed by atoms with E-state index in [2.05, 4.69) is 23.1 Å². The highest BCUT2D eigenvalue weighted by Crippen LogP contribution is 2.33. The summed E-state index contributed by atoms with van der Waals surface area (Å²) in [4.78, 5) is 5.87. The largest absolute Gasteiger partial charge is 0.494 e. The van der Waals surface area contributed by atoms with Crippen molar-refractivity contribution in [2.75, 3.05) is 0 Å². The summed E-state index contributed by atoms with van der Waals surface area (Å²) >= 11 is 12.0. The Labute approximate surface area is 157 Å². The summed E-state index contributed by atoms with van der Waals surface area (Å²) in [5, 5.41) is 27.0. The van der Waals surface area contributed by atoms with E-state index in [1.54, 1.807) is 36.4 Å². The summed E-state index contributed by atoms with van der Waals surface area (Å²) in [6.45, 7) is 7.98. The lowest BCUT2D eigenvalue weighted by molar-refractivity contribution is 0.459. The van der Waals surface area contributed by atoms with E-state index in [9.17, 15) is 10.2 Å². The van der Waals surface area contributed by atoms with Crippen molar-refractivity contribution in [2.45, 2.75) is 0 Å². The Morgan fingerprint density at radius 2 is 1.08 bits per heavy atom. The Morgan fingerprint density at radius 3 is 1.42 bits per heavy atom. The molecular weight excluding hydrogens is 371 g/mol.